The molecule has 0 spiro atoms. The number of carbonyl (C=O) groups excluding carboxylic acids is 1. The summed E-state index contributed by atoms with van der Waals surface area (Å²) in [5.74, 6) is 0.741. The fourth-order valence-corrected chi connectivity index (χ4v) is 4.77. The zero-order valence-electron chi connectivity index (χ0n) is 19.7. The molecule has 0 N–H and O–H groups in total. The number of benzene rings is 3. The van der Waals surface area contributed by atoms with Crippen molar-refractivity contribution in [2.45, 2.75) is 32.1 Å². The van der Waals surface area contributed by atoms with Gasteiger partial charge in [-0.05, 0) is 60.7 Å². The molecule has 3 aromatic carbocycles. The molecule has 0 bridgehead atoms. The van der Waals surface area contributed by atoms with Crippen molar-refractivity contribution in [1.82, 2.24) is 9.55 Å². The van der Waals surface area contributed by atoms with E-state index in [1.165, 1.54) is 23.8 Å². The number of esters is 1. The molecule has 0 saturated carbocycles. The molecule has 6 heteroatoms. The maximum absolute atomic E-state index is 11.7. The Bertz CT molecular complexity index is 1360. The number of methoxy groups -OCH3 is 2. The zero-order chi connectivity index (χ0) is 23.7. The van der Waals surface area contributed by atoms with Crippen molar-refractivity contribution >= 4 is 17.0 Å². The Labute approximate surface area is 199 Å². The van der Waals surface area contributed by atoms with Crippen LogP contribution >= 0.6 is 0 Å². The van der Waals surface area contributed by atoms with E-state index >= 15 is 0 Å². The highest BCUT2D eigenvalue weighted by atomic mass is 16.5. The van der Waals surface area contributed by atoms with E-state index < -0.39 is 0 Å². The lowest BCUT2D eigenvalue weighted by Crippen LogP contribution is -2.09. The molecule has 5 rings (SSSR count). The van der Waals surface area contributed by atoms with Gasteiger partial charge in [0.15, 0.2) is 0 Å². The van der Waals surface area contributed by atoms with Gasteiger partial charge in [0.25, 0.3) is 0 Å². The van der Waals surface area contributed by atoms with E-state index in [2.05, 4.69) is 58.9 Å². The third kappa shape index (κ3) is 4.00. The summed E-state index contributed by atoms with van der Waals surface area (Å²) >= 11 is 0. The molecule has 1 aliphatic heterocycles. The van der Waals surface area contributed by atoms with Crippen LogP contribution in [0.1, 0.15) is 34.6 Å². The first-order valence-corrected chi connectivity index (χ1v) is 11.5. The molecule has 34 heavy (non-hydrogen) atoms. The molecule has 6 nitrogen and oxygen atoms in total. The van der Waals surface area contributed by atoms with Gasteiger partial charge in [-0.15, -0.1) is 0 Å². The second kappa shape index (κ2) is 9.21. The number of rotatable bonds is 7. The molecule has 0 radical (unpaired) electrons. The number of carbonyl (C=O) groups is 1. The summed E-state index contributed by atoms with van der Waals surface area (Å²) in [4.78, 5) is 16.3. The Hall–Kier alpha value is -3.80. The normalized spacial score (nSPS) is 14.6. The number of fused-ring (bicyclic) bond motifs is 2. The third-order valence-electron chi connectivity index (χ3n) is 6.65. The van der Waals surface area contributed by atoms with Crippen molar-refractivity contribution in [3.05, 3.63) is 82.9 Å². The number of nitrogens with zero attached hydrogens (tertiary/aromatic N) is 2. The van der Waals surface area contributed by atoms with Crippen molar-refractivity contribution in [3.63, 3.8) is 0 Å². The number of para-hydroxylation sites is 2. The summed E-state index contributed by atoms with van der Waals surface area (Å²) < 4.78 is 18.4. The van der Waals surface area contributed by atoms with E-state index in [9.17, 15) is 4.79 Å². The van der Waals surface area contributed by atoms with E-state index in [1.807, 2.05) is 18.2 Å². The Kier molecular flexibility index (Phi) is 5.97. The lowest BCUT2D eigenvalue weighted by Gasteiger charge is -2.15. The molecule has 0 amide bonds. The van der Waals surface area contributed by atoms with Gasteiger partial charge in [0, 0.05) is 11.5 Å². The fourth-order valence-electron chi connectivity index (χ4n) is 4.77. The van der Waals surface area contributed by atoms with E-state index in [-0.39, 0.29) is 11.9 Å². The molecular formula is C28H28N2O4. The number of imidazole rings is 1. The third-order valence-corrected chi connectivity index (χ3v) is 6.65. The van der Waals surface area contributed by atoms with Crippen LogP contribution in [0.15, 0.2) is 60.7 Å². The Balaban J connectivity index is 1.38. The lowest BCUT2D eigenvalue weighted by molar-refractivity contribution is -0.141. The van der Waals surface area contributed by atoms with Crippen molar-refractivity contribution in [2.75, 3.05) is 20.8 Å². The second-order valence-electron chi connectivity index (χ2n) is 8.64. The molecular weight excluding hydrogens is 428 g/mol. The van der Waals surface area contributed by atoms with Gasteiger partial charge in [-0.25, -0.2) is 0 Å². The van der Waals surface area contributed by atoms with E-state index in [0.717, 1.165) is 40.9 Å². The topological polar surface area (TPSA) is 62.6 Å². The molecule has 0 unspecified atom stereocenters. The molecule has 1 atom stereocenters. The minimum absolute atomic E-state index is 0.0652. The monoisotopic (exact) mass is 456 g/mol. The number of aryl methyl sites for hydroxylation is 2. The lowest BCUT2D eigenvalue weighted by atomic mass is 9.94. The molecule has 0 fully saturated rings. The minimum Gasteiger partial charge on any atom is -0.493 e. The van der Waals surface area contributed by atoms with Gasteiger partial charge < -0.3 is 14.2 Å². The van der Waals surface area contributed by atoms with Crippen LogP contribution in [0.2, 0.25) is 0 Å². The maximum atomic E-state index is 11.7. The van der Waals surface area contributed by atoms with E-state index in [0.29, 0.717) is 19.0 Å². The summed E-state index contributed by atoms with van der Waals surface area (Å²) in [7, 11) is 3.08. The molecule has 0 saturated heterocycles. The molecule has 4 aromatic rings. The second-order valence-corrected chi connectivity index (χ2v) is 8.64. The summed E-state index contributed by atoms with van der Waals surface area (Å²) in [5, 5.41) is 0. The van der Waals surface area contributed by atoms with Gasteiger partial charge in [0.05, 0.1) is 44.0 Å². The zero-order valence-corrected chi connectivity index (χ0v) is 19.7. The number of aromatic nitrogens is 2. The molecule has 1 aromatic heterocycles. The molecule has 174 valence electrons. The van der Waals surface area contributed by atoms with Crippen molar-refractivity contribution < 1.29 is 19.0 Å². The predicted molar refractivity (Wildman–Crippen MR) is 131 cm³/mol. The standard InChI is InChI=1S/C28H28N2O4/c1-18-20(7-6-10-24(18)30-25-9-5-4-8-23(25)29-28(30)33-3)13-11-19-12-14-22-21(16-27(31)32-2)17-34-26(22)15-19/h4-10,12,14-15,21H,11,13,16-17H2,1-3H3/t21-/m1/s1. The number of ether oxygens (including phenoxy) is 3. The van der Waals surface area contributed by atoms with Crippen molar-refractivity contribution in [2.24, 2.45) is 0 Å². The van der Waals surface area contributed by atoms with Crippen LogP contribution in [-0.2, 0) is 22.4 Å². The average Bonchev–Trinajstić information content (AvgIpc) is 3.44. The van der Waals surface area contributed by atoms with Crippen LogP contribution in [-0.4, -0.2) is 36.3 Å². The fraction of sp³-hybridized carbons (Fsp3) is 0.286. The van der Waals surface area contributed by atoms with Crippen LogP contribution in [0, 0.1) is 6.92 Å². The Morgan fingerprint density at radius 2 is 1.94 bits per heavy atom. The summed E-state index contributed by atoms with van der Waals surface area (Å²) in [5.41, 5.74) is 7.80. The maximum Gasteiger partial charge on any atom is 0.306 e. The SMILES string of the molecule is COC(=O)C[C@@H]1COc2cc(CCc3cccc(-n4c(OC)nc5ccccc54)c3C)ccc21. The van der Waals surface area contributed by atoms with Gasteiger partial charge in [0.2, 0.25) is 0 Å². The highest BCUT2D eigenvalue weighted by Crippen LogP contribution is 2.37. The van der Waals surface area contributed by atoms with E-state index in [4.69, 9.17) is 14.2 Å². The summed E-state index contributed by atoms with van der Waals surface area (Å²) in [6.07, 6.45) is 2.14. The van der Waals surface area contributed by atoms with Crippen LogP contribution < -0.4 is 9.47 Å². The van der Waals surface area contributed by atoms with Gasteiger partial charge >= 0.3 is 12.0 Å². The first kappa shape index (κ1) is 22.0. The molecule has 1 aliphatic rings. The minimum atomic E-state index is -0.205. The van der Waals surface area contributed by atoms with Crippen molar-refractivity contribution in [3.8, 4) is 17.4 Å². The van der Waals surface area contributed by atoms with Crippen molar-refractivity contribution in [1.29, 1.82) is 0 Å². The highest BCUT2D eigenvalue weighted by Gasteiger charge is 2.27. The van der Waals surface area contributed by atoms with Crippen LogP contribution in [0.3, 0.4) is 0 Å². The predicted octanol–water partition coefficient (Wildman–Crippen LogP) is 5.17. The van der Waals surface area contributed by atoms with Crippen LogP contribution in [0.25, 0.3) is 16.7 Å². The van der Waals surface area contributed by atoms with Gasteiger partial charge in [0.1, 0.15) is 5.75 Å². The van der Waals surface area contributed by atoms with E-state index in [1.54, 1.807) is 7.11 Å². The van der Waals surface area contributed by atoms with Gasteiger partial charge in [-0.1, -0.05) is 36.4 Å². The van der Waals surface area contributed by atoms with Crippen LogP contribution in [0.4, 0.5) is 0 Å². The Morgan fingerprint density at radius 1 is 1.09 bits per heavy atom. The largest absolute Gasteiger partial charge is 0.493 e. The quantitative estimate of drug-likeness (QED) is 0.359. The number of hydrogen-bond acceptors (Lipinski definition) is 5. The molecule has 0 aliphatic carbocycles. The van der Waals surface area contributed by atoms with Crippen LogP contribution in [0.5, 0.6) is 11.8 Å². The molecule has 2 heterocycles. The first-order valence-electron chi connectivity index (χ1n) is 11.5. The first-order chi connectivity index (χ1) is 16.6. The Morgan fingerprint density at radius 3 is 2.76 bits per heavy atom. The average molecular weight is 457 g/mol. The van der Waals surface area contributed by atoms with Gasteiger partial charge in [-0.2, -0.15) is 4.98 Å². The summed E-state index contributed by atoms with van der Waals surface area (Å²) in [6.45, 7) is 2.68. The highest BCUT2D eigenvalue weighted by molar-refractivity contribution is 5.79. The van der Waals surface area contributed by atoms with Gasteiger partial charge in [-0.3, -0.25) is 9.36 Å². The smallest absolute Gasteiger partial charge is 0.306 e. The number of hydrogen-bond donors (Lipinski definition) is 0. The summed E-state index contributed by atoms with van der Waals surface area (Å²) in [6, 6.07) is 21.4.